The van der Waals surface area contributed by atoms with Crippen LogP contribution in [0.15, 0.2) is 29.2 Å². The van der Waals surface area contributed by atoms with Crippen molar-refractivity contribution in [2.45, 2.75) is 45.9 Å². The van der Waals surface area contributed by atoms with E-state index in [1.54, 1.807) is 6.07 Å². The number of hydrogen-bond donors (Lipinski definition) is 0. The molecule has 0 spiro atoms. The Kier molecular flexibility index (Phi) is 5.03. The first-order valence-corrected chi connectivity index (χ1v) is 8.53. The van der Waals surface area contributed by atoms with Crippen LogP contribution in [0.1, 0.15) is 34.6 Å². The number of carbonyl (C=O) groups is 1. The first kappa shape index (κ1) is 18.1. The van der Waals surface area contributed by atoms with Crippen molar-refractivity contribution in [3.8, 4) is 0 Å². The minimum Gasteiger partial charge on any atom is -0.376 e. The standard InChI is InChI=1S/C18H21N3O5/c1-12-8-16(13(2)20(12)10-15-4-3-7-26-15)17(22)11-19-9-14(21(24)25)5-6-18(19)23/h5-6,8-9,15H,3-4,7,10-11H2,1-2H3/t15-/m1/s1. The SMILES string of the molecule is Cc1cc(C(=O)Cn2cc([N+](=O)[O-])ccc2=O)c(C)n1C[C@H]1CCCO1. The number of nitro groups is 1. The highest BCUT2D eigenvalue weighted by atomic mass is 16.6. The smallest absolute Gasteiger partial charge is 0.285 e. The van der Waals surface area contributed by atoms with Gasteiger partial charge >= 0.3 is 0 Å². The lowest BCUT2D eigenvalue weighted by molar-refractivity contribution is -0.385. The molecule has 1 fully saturated rings. The van der Waals surface area contributed by atoms with Gasteiger partial charge in [-0.3, -0.25) is 19.7 Å². The summed E-state index contributed by atoms with van der Waals surface area (Å²) in [5.41, 5.74) is 1.63. The van der Waals surface area contributed by atoms with Gasteiger partial charge in [-0.2, -0.15) is 0 Å². The number of Topliss-reactive ketones (excluding diaryl/α,β-unsaturated/α-hetero) is 1. The van der Waals surface area contributed by atoms with Gasteiger partial charge in [0, 0.05) is 42.2 Å². The van der Waals surface area contributed by atoms with Crippen LogP contribution in [0.3, 0.4) is 0 Å². The fourth-order valence-corrected chi connectivity index (χ4v) is 3.35. The Labute approximate surface area is 150 Å². The van der Waals surface area contributed by atoms with Crippen LogP contribution in [0.5, 0.6) is 0 Å². The number of nitrogens with zero attached hydrogens (tertiary/aromatic N) is 3. The zero-order chi connectivity index (χ0) is 18.8. The number of ether oxygens (including phenoxy) is 1. The Hall–Kier alpha value is -2.74. The molecule has 8 heteroatoms. The molecule has 0 unspecified atom stereocenters. The van der Waals surface area contributed by atoms with Crippen LogP contribution in [0.2, 0.25) is 0 Å². The summed E-state index contributed by atoms with van der Waals surface area (Å²) in [6, 6.07) is 4.04. The third-order valence-corrected chi connectivity index (χ3v) is 4.78. The van der Waals surface area contributed by atoms with E-state index < -0.39 is 10.5 Å². The second kappa shape index (κ2) is 7.25. The average Bonchev–Trinajstić information content (AvgIpc) is 3.20. The van der Waals surface area contributed by atoms with E-state index in [4.69, 9.17) is 4.74 Å². The lowest BCUT2D eigenvalue weighted by atomic mass is 10.1. The van der Waals surface area contributed by atoms with E-state index in [9.17, 15) is 19.7 Å². The molecule has 3 rings (SSSR count). The Balaban J connectivity index is 1.83. The Morgan fingerprint density at radius 1 is 1.38 bits per heavy atom. The Morgan fingerprint density at radius 3 is 2.81 bits per heavy atom. The van der Waals surface area contributed by atoms with Crippen molar-refractivity contribution in [3.63, 3.8) is 0 Å². The van der Waals surface area contributed by atoms with Crippen molar-refractivity contribution in [1.29, 1.82) is 0 Å². The number of ketones is 1. The molecule has 0 N–H and O–H groups in total. The van der Waals surface area contributed by atoms with Crippen molar-refractivity contribution in [1.82, 2.24) is 9.13 Å². The molecule has 2 aromatic heterocycles. The van der Waals surface area contributed by atoms with Crippen LogP contribution >= 0.6 is 0 Å². The molecule has 0 bridgehead atoms. The summed E-state index contributed by atoms with van der Waals surface area (Å²) < 4.78 is 8.80. The number of aromatic nitrogens is 2. The third-order valence-electron chi connectivity index (χ3n) is 4.78. The van der Waals surface area contributed by atoms with Gasteiger partial charge in [-0.05, 0) is 32.8 Å². The molecular weight excluding hydrogens is 338 g/mol. The zero-order valence-electron chi connectivity index (χ0n) is 14.8. The molecule has 138 valence electrons. The molecule has 1 aliphatic rings. The van der Waals surface area contributed by atoms with Crippen molar-refractivity contribution in [2.24, 2.45) is 0 Å². The number of carbonyl (C=O) groups excluding carboxylic acids is 1. The highest BCUT2D eigenvalue weighted by Gasteiger charge is 2.21. The van der Waals surface area contributed by atoms with Gasteiger partial charge in [0.15, 0.2) is 5.78 Å². The number of hydrogen-bond acceptors (Lipinski definition) is 5. The highest BCUT2D eigenvalue weighted by molar-refractivity contribution is 5.97. The molecule has 0 aromatic carbocycles. The predicted octanol–water partition coefficient (Wildman–Crippen LogP) is 2.24. The van der Waals surface area contributed by atoms with Crippen LogP contribution in [0.25, 0.3) is 0 Å². The molecule has 8 nitrogen and oxygen atoms in total. The van der Waals surface area contributed by atoms with Gasteiger partial charge in [0.05, 0.1) is 23.8 Å². The van der Waals surface area contributed by atoms with Crippen LogP contribution in [-0.4, -0.2) is 32.6 Å². The largest absolute Gasteiger partial charge is 0.376 e. The maximum absolute atomic E-state index is 12.7. The average molecular weight is 359 g/mol. The molecule has 0 saturated carbocycles. The van der Waals surface area contributed by atoms with Gasteiger partial charge < -0.3 is 13.9 Å². The van der Waals surface area contributed by atoms with E-state index in [-0.39, 0.29) is 24.1 Å². The van der Waals surface area contributed by atoms with Gasteiger partial charge in [0.2, 0.25) is 0 Å². The third kappa shape index (κ3) is 3.60. The molecule has 3 heterocycles. The minimum atomic E-state index is -0.589. The topological polar surface area (TPSA) is 96.4 Å². The van der Waals surface area contributed by atoms with Gasteiger partial charge in [-0.15, -0.1) is 0 Å². The lowest BCUT2D eigenvalue weighted by Gasteiger charge is -2.14. The number of pyridine rings is 1. The summed E-state index contributed by atoms with van der Waals surface area (Å²) in [4.78, 5) is 34.9. The summed E-state index contributed by atoms with van der Waals surface area (Å²) in [7, 11) is 0. The van der Waals surface area contributed by atoms with Crippen molar-refractivity contribution in [3.05, 3.63) is 61.8 Å². The molecule has 2 aromatic rings. The van der Waals surface area contributed by atoms with Gasteiger partial charge in [-0.1, -0.05) is 0 Å². The molecule has 0 radical (unpaired) electrons. The molecule has 0 aliphatic carbocycles. The van der Waals surface area contributed by atoms with Gasteiger partial charge in [0.25, 0.3) is 11.2 Å². The summed E-state index contributed by atoms with van der Waals surface area (Å²) in [5, 5.41) is 10.9. The Bertz CT molecular complexity index is 906. The Morgan fingerprint density at radius 2 is 2.15 bits per heavy atom. The van der Waals surface area contributed by atoms with Crippen LogP contribution < -0.4 is 5.56 Å². The minimum absolute atomic E-state index is 0.155. The summed E-state index contributed by atoms with van der Waals surface area (Å²) in [6.45, 7) is 5.03. The van der Waals surface area contributed by atoms with E-state index in [1.165, 1.54) is 0 Å². The van der Waals surface area contributed by atoms with E-state index in [0.29, 0.717) is 12.1 Å². The molecule has 1 atom stereocenters. The summed E-state index contributed by atoms with van der Waals surface area (Å²) >= 11 is 0. The lowest BCUT2D eigenvalue weighted by Crippen LogP contribution is -2.24. The monoisotopic (exact) mass is 359 g/mol. The van der Waals surface area contributed by atoms with E-state index in [2.05, 4.69) is 4.57 Å². The van der Waals surface area contributed by atoms with Gasteiger partial charge in [-0.25, -0.2) is 0 Å². The second-order valence-electron chi connectivity index (χ2n) is 6.56. The molecule has 1 aliphatic heterocycles. The normalized spacial score (nSPS) is 16.8. The molecular formula is C18H21N3O5. The van der Waals surface area contributed by atoms with E-state index >= 15 is 0 Å². The fourth-order valence-electron chi connectivity index (χ4n) is 3.35. The number of aryl methyl sites for hydroxylation is 1. The molecule has 0 amide bonds. The maximum Gasteiger partial charge on any atom is 0.285 e. The summed E-state index contributed by atoms with van der Waals surface area (Å²) in [6.07, 6.45) is 3.31. The van der Waals surface area contributed by atoms with Crippen molar-refractivity contribution >= 4 is 11.5 Å². The van der Waals surface area contributed by atoms with E-state index in [1.807, 2.05) is 13.8 Å². The van der Waals surface area contributed by atoms with Crippen LogP contribution in [0.4, 0.5) is 5.69 Å². The summed E-state index contributed by atoms with van der Waals surface area (Å²) in [5.74, 6) is -0.251. The first-order valence-electron chi connectivity index (χ1n) is 8.53. The van der Waals surface area contributed by atoms with Gasteiger partial charge in [0.1, 0.15) is 0 Å². The fraction of sp³-hybridized carbons (Fsp3) is 0.444. The maximum atomic E-state index is 12.7. The van der Waals surface area contributed by atoms with Crippen molar-refractivity contribution in [2.75, 3.05) is 6.61 Å². The molecule has 1 saturated heterocycles. The molecule has 26 heavy (non-hydrogen) atoms. The zero-order valence-corrected chi connectivity index (χ0v) is 14.8. The predicted molar refractivity (Wildman–Crippen MR) is 94.6 cm³/mol. The van der Waals surface area contributed by atoms with Crippen LogP contribution in [0, 0.1) is 24.0 Å². The quantitative estimate of drug-likeness (QED) is 0.448. The van der Waals surface area contributed by atoms with Crippen LogP contribution in [-0.2, 0) is 17.8 Å². The van der Waals surface area contributed by atoms with E-state index in [0.717, 1.165) is 53.7 Å². The first-order chi connectivity index (χ1) is 12.4. The number of rotatable bonds is 6. The highest BCUT2D eigenvalue weighted by Crippen LogP contribution is 2.21. The second-order valence-corrected chi connectivity index (χ2v) is 6.56. The van der Waals surface area contributed by atoms with Crippen molar-refractivity contribution < 1.29 is 14.5 Å².